The van der Waals surface area contributed by atoms with Crippen LogP contribution in [0.4, 0.5) is 8.78 Å². The Morgan fingerprint density at radius 3 is 2.45 bits per heavy atom. The molecule has 0 radical (unpaired) electrons. The standard InChI is InChI=1S/C27H22ClF2N3O4S/c1-13-12-31-25(15-6-4-8-20(23(15)29)38(3,36)37)24(30)26(13)33-14(2)10-18(22(28)27(33)35)16-11-17(16)19-7-5-9-21(34)32-19/h4-10,12,16-17H,11H2,1-3H3,(H,32,34)/t16-,17?/m1/s1. The largest absolute Gasteiger partial charge is 0.326 e. The molecule has 3 heterocycles. The van der Waals surface area contributed by atoms with E-state index < -0.39 is 37.6 Å². The fourth-order valence-corrected chi connectivity index (χ4v) is 5.89. The summed E-state index contributed by atoms with van der Waals surface area (Å²) in [6.45, 7) is 3.18. The fraction of sp³-hybridized carbons (Fsp3) is 0.222. The summed E-state index contributed by atoms with van der Waals surface area (Å²) in [5.74, 6) is -2.22. The van der Waals surface area contributed by atoms with Crippen LogP contribution in [0.1, 0.15) is 40.8 Å². The van der Waals surface area contributed by atoms with Crippen molar-refractivity contribution in [2.24, 2.45) is 0 Å². The molecule has 1 aromatic carbocycles. The van der Waals surface area contributed by atoms with Gasteiger partial charge in [-0.05, 0) is 61.6 Å². The van der Waals surface area contributed by atoms with Crippen molar-refractivity contribution in [2.75, 3.05) is 6.26 Å². The van der Waals surface area contributed by atoms with E-state index in [4.69, 9.17) is 11.6 Å². The van der Waals surface area contributed by atoms with Crippen LogP contribution in [-0.2, 0) is 9.84 Å². The van der Waals surface area contributed by atoms with E-state index in [2.05, 4.69) is 9.97 Å². The molecule has 1 aliphatic rings. The van der Waals surface area contributed by atoms with Crippen LogP contribution in [-0.4, -0.2) is 29.2 Å². The molecular weight excluding hydrogens is 536 g/mol. The number of hydrogen-bond donors (Lipinski definition) is 1. The second-order valence-corrected chi connectivity index (χ2v) is 11.8. The first-order valence-corrected chi connectivity index (χ1v) is 13.9. The molecule has 0 amide bonds. The Hall–Kier alpha value is -3.63. The first kappa shape index (κ1) is 26.0. The highest BCUT2D eigenvalue weighted by molar-refractivity contribution is 7.90. The SMILES string of the molecule is Cc1cnc(-c2cccc(S(C)(=O)=O)c2F)c(F)c1-n1c(C)cc([C@@H]2CC2c2cccc(=O)[nH]2)c(Cl)c1=O. The molecule has 38 heavy (non-hydrogen) atoms. The van der Waals surface area contributed by atoms with Crippen molar-refractivity contribution in [3.05, 3.63) is 109 Å². The van der Waals surface area contributed by atoms with Gasteiger partial charge in [0, 0.05) is 41.4 Å². The average molecular weight is 558 g/mol. The van der Waals surface area contributed by atoms with Crippen LogP contribution in [0.3, 0.4) is 0 Å². The molecule has 0 saturated heterocycles. The second-order valence-electron chi connectivity index (χ2n) is 9.46. The van der Waals surface area contributed by atoms with Gasteiger partial charge in [0.1, 0.15) is 15.6 Å². The van der Waals surface area contributed by atoms with Crippen LogP contribution in [0.2, 0.25) is 5.02 Å². The summed E-state index contributed by atoms with van der Waals surface area (Å²) in [4.78, 5) is 31.4. The average Bonchev–Trinajstić information content (AvgIpc) is 3.64. The Morgan fingerprint density at radius 1 is 1.05 bits per heavy atom. The van der Waals surface area contributed by atoms with Crippen LogP contribution in [0, 0.1) is 25.5 Å². The summed E-state index contributed by atoms with van der Waals surface area (Å²) in [5, 5.41) is -0.0798. The summed E-state index contributed by atoms with van der Waals surface area (Å²) in [5.41, 5.74) is 0.223. The van der Waals surface area contributed by atoms with Gasteiger partial charge < -0.3 is 4.98 Å². The third-order valence-electron chi connectivity index (χ3n) is 6.76. The molecule has 5 rings (SSSR count). The third-order valence-corrected chi connectivity index (χ3v) is 8.25. The normalized spacial score (nSPS) is 17.0. The van der Waals surface area contributed by atoms with E-state index in [1.54, 1.807) is 26.0 Å². The van der Waals surface area contributed by atoms with E-state index in [9.17, 15) is 18.0 Å². The lowest BCUT2D eigenvalue weighted by Crippen LogP contribution is -2.24. The zero-order chi connectivity index (χ0) is 27.5. The van der Waals surface area contributed by atoms with Gasteiger partial charge in [-0.2, -0.15) is 0 Å². The summed E-state index contributed by atoms with van der Waals surface area (Å²) >= 11 is 6.53. The molecule has 1 unspecified atom stereocenters. The van der Waals surface area contributed by atoms with E-state index in [-0.39, 0.29) is 33.7 Å². The van der Waals surface area contributed by atoms with Gasteiger partial charge in [-0.15, -0.1) is 0 Å². The highest BCUT2D eigenvalue weighted by Crippen LogP contribution is 2.55. The Morgan fingerprint density at radius 2 is 1.76 bits per heavy atom. The van der Waals surface area contributed by atoms with Crippen molar-refractivity contribution in [3.8, 4) is 16.9 Å². The predicted octanol–water partition coefficient (Wildman–Crippen LogP) is 4.81. The van der Waals surface area contributed by atoms with Crippen LogP contribution in [0.5, 0.6) is 0 Å². The zero-order valence-corrected chi connectivity index (χ0v) is 22.1. The third kappa shape index (κ3) is 4.37. The molecule has 0 bridgehead atoms. The van der Waals surface area contributed by atoms with Gasteiger partial charge in [0.05, 0.1) is 5.69 Å². The first-order chi connectivity index (χ1) is 17.9. The zero-order valence-electron chi connectivity index (χ0n) is 20.6. The number of aromatic amines is 1. The number of rotatable bonds is 5. The molecule has 7 nitrogen and oxygen atoms in total. The molecule has 3 aromatic heterocycles. The maximum atomic E-state index is 16.0. The predicted molar refractivity (Wildman–Crippen MR) is 140 cm³/mol. The molecule has 1 fully saturated rings. The number of H-pyrrole nitrogens is 1. The molecule has 196 valence electrons. The van der Waals surface area contributed by atoms with Crippen molar-refractivity contribution in [3.63, 3.8) is 0 Å². The van der Waals surface area contributed by atoms with Crippen molar-refractivity contribution in [1.82, 2.24) is 14.5 Å². The number of hydrogen-bond acceptors (Lipinski definition) is 5. The van der Waals surface area contributed by atoms with Crippen molar-refractivity contribution in [1.29, 1.82) is 0 Å². The number of aryl methyl sites for hydroxylation is 2. The first-order valence-electron chi connectivity index (χ1n) is 11.7. The smallest absolute Gasteiger partial charge is 0.274 e. The highest BCUT2D eigenvalue weighted by Gasteiger charge is 2.42. The van der Waals surface area contributed by atoms with Gasteiger partial charge in [0.2, 0.25) is 5.56 Å². The molecular formula is C27H22ClF2N3O4S. The maximum Gasteiger partial charge on any atom is 0.274 e. The summed E-state index contributed by atoms with van der Waals surface area (Å²) in [6, 6.07) is 10.2. The van der Waals surface area contributed by atoms with Gasteiger partial charge in [-0.3, -0.25) is 19.1 Å². The molecule has 0 spiro atoms. The summed E-state index contributed by atoms with van der Waals surface area (Å²) < 4.78 is 56.2. The van der Waals surface area contributed by atoms with E-state index in [1.165, 1.54) is 24.4 Å². The molecule has 1 aliphatic carbocycles. The quantitative estimate of drug-likeness (QED) is 0.379. The monoisotopic (exact) mass is 557 g/mol. The molecule has 1 saturated carbocycles. The lowest BCUT2D eigenvalue weighted by atomic mass is 10.1. The van der Waals surface area contributed by atoms with E-state index in [0.29, 0.717) is 23.2 Å². The summed E-state index contributed by atoms with van der Waals surface area (Å²) in [7, 11) is -3.92. The molecule has 0 aliphatic heterocycles. The fourth-order valence-electron chi connectivity index (χ4n) is 4.85. The lowest BCUT2D eigenvalue weighted by molar-refractivity contribution is 0.569. The van der Waals surface area contributed by atoms with E-state index in [0.717, 1.165) is 22.6 Å². The van der Waals surface area contributed by atoms with Crippen LogP contribution in [0.15, 0.2) is 63.1 Å². The van der Waals surface area contributed by atoms with Crippen molar-refractivity contribution < 1.29 is 17.2 Å². The lowest BCUT2D eigenvalue weighted by Gasteiger charge is -2.18. The van der Waals surface area contributed by atoms with E-state index in [1.807, 2.05) is 6.07 Å². The number of halogens is 3. The van der Waals surface area contributed by atoms with Gasteiger partial charge in [0.15, 0.2) is 21.5 Å². The maximum absolute atomic E-state index is 16.0. The number of benzene rings is 1. The number of nitrogens with one attached hydrogen (secondary N) is 1. The van der Waals surface area contributed by atoms with Gasteiger partial charge in [0.25, 0.3) is 5.56 Å². The van der Waals surface area contributed by atoms with Gasteiger partial charge in [-0.25, -0.2) is 17.2 Å². The molecule has 2 atom stereocenters. The highest BCUT2D eigenvalue weighted by atomic mass is 35.5. The molecule has 4 aromatic rings. The number of aromatic nitrogens is 3. The Kier molecular flexibility index (Phi) is 6.35. The number of nitrogens with zero attached hydrogens (tertiary/aromatic N) is 2. The van der Waals surface area contributed by atoms with E-state index >= 15 is 8.78 Å². The topological polar surface area (TPSA) is 102 Å². The van der Waals surface area contributed by atoms with Crippen LogP contribution >= 0.6 is 11.6 Å². The van der Waals surface area contributed by atoms with Gasteiger partial charge >= 0.3 is 0 Å². The van der Waals surface area contributed by atoms with Gasteiger partial charge in [-0.1, -0.05) is 23.7 Å². The van der Waals surface area contributed by atoms with Crippen LogP contribution < -0.4 is 11.1 Å². The minimum atomic E-state index is -3.92. The second kappa shape index (κ2) is 9.28. The van der Waals surface area contributed by atoms with Crippen molar-refractivity contribution >= 4 is 21.4 Å². The minimum absolute atomic E-state index is 0.00727. The molecule has 1 N–H and O–H groups in total. The Bertz CT molecular complexity index is 1850. The number of sulfone groups is 1. The minimum Gasteiger partial charge on any atom is -0.326 e. The number of pyridine rings is 3. The molecule has 11 heteroatoms. The Labute approximate surface area is 221 Å². The Balaban J connectivity index is 1.63. The summed E-state index contributed by atoms with van der Waals surface area (Å²) in [6.07, 6.45) is 2.83. The van der Waals surface area contributed by atoms with Crippen LogP contribution in [0.25, 0.3) is 16.9 Å². The van der Waals surface area contributed by atoms with Crippen molar-refractivity contribution in [2.45, 2.75) is 37.0 Å².